The Hall–Kier alpha value is -2.38. The number of anilines is 1. The number of fused-ring (bicyclic) bond motifs is 1. The fraction of sp³-hybridized carbons (Fsp3) is 0.350. The van der Waals surface area contributed by atoms with E-state index in [9.17, 15) is 13.2 Å². The molecule has 6 nitrogen and oxygen atoms in total. The van der Waals surface area contributed by atoms with Gasteiger partial charge in [0, 0.05) is 31.9 Å². The summed E-state index contributed by atoms with van der Waals surface area (Å²) in [6, 6.07) is 13.4. The van der Waals surface area contributed by atoms with Gasteiger partial charge in [0.2, 0.25) is 0 Å². The van der Waals surface area contributed by atoms with E-state index in [1.165, 1.54) is 4.31 Å². The molecule has 0 spiro atoms. The minimum absolute atomic E-state index is 0.161. The minimum Gasteiger partial charge on any atom is -0.385 e. The Labute approximate surface area is 160 Å². The fourth-order valence-electron chi connectivity index (χ4n) is 3.34. The monoisotopic (exact) mass is 388 g/mol. The third-order valence-corrected chi connectivity index (χ3v) is 6.55. The third kappa shape index (κ3) is 3.99. The summed E-state index contributed by atoms with van der Waals surface area (Å²) in [6.45, 7) is 3.01. The van der Waals surface area contributed by atoms with E-state index in [-0.39, 0.29) is 16.8 Å². The van der Waals surface area contributed by atoms with Crippen molar-refractivity contribution in [1.82, 2.24) is 5.32 Å². The number of nitrogens with one attached hydrogen (secondary N) is 1. The fourth-order valence-corrected chi connectivity index (χ4v) is 5.05. The number of hydrogen-bond acceptors (Lipinski definition) is 4. The molecule has 1 atom stereocenters. The van der Waals surface area contributed by atoms with Gasteiger partial charge in [0.15, 0.2) is 0 Å². The number of ether oxygens (including phenoxy) is 1. The molecule has 0 fully saturated rings. The SMILES string of the molecule is COCCCNC(=O)c1ccc2c(c1)C[C@@H](C)N2S(=O)(=O)c1ccccc1. The molecule has 0 bridgehead atoms. The number of benzene rings is 2. The summed E-state index contributed by atoms with van der Waals surface area (Å²) in [5.41, 5.74) is 2.05. The first-order valence-electron chi connectivity index (χ1n) is 8.94. The van der Waals surface area contributed by atoms with E-state index < -0.39 is 10.0 Å². The molecule has 144 valence electrons. The maximum atomic E-state index is 13.1. The Morgan fingerprint density at radius 2 is 1.96 bits per heavy atom. The Morgan fingerprint density at radius 1 is 1.22 bits per heavy atom. The summed E-state index contributed by atoms with van der Waals surface area (Å²) < 4.78 is 32.6. The van der Waals surface area contributed by atoms with Gasteiger partial charge in [0.1, 0.15) is 0 Å². The molecule has 7 heteroatoms. The summed E-state index contributed by atoms with van der Waals surface area (Å²) >= 11 is 0. The smallest absolute Gasteiger partial charge is 0.264 e. The van der Waals surface area contributed by atoms with Crippen LogP contribution in [0, 0.1) is 0 Å². The lowest BCUT2D eigenvalue weighted by Crippen LogP contribution is -2.35. The second kappa shape index (κ2) is 8.10. The summed E-state index contributed by atoms with van der Waals surface area (Å²) in [5.74, 6) is -0.161. The van der Waals surface area contributed by atoms with Crippen LogP contribution in [0.4, 0.5) is 5.69 Å². The minimum atomic E-state index is -3.64. The zero-order valence-electron chi connectivity index (χ0n) is 15.5. The lowest BCUT2D eigenvalue weighted by atomic mass is 10.1. The van der Waals surface area contributed by atoms with Gasteiger partial charge in [-0.2, -0.15) is 0 Å². The molecule has 2 aromatic carbocycles. The van der Waals surface area contributed by atoms with Crippen molar-refractivity contribution >= 4 is 21.6 Å². The van der Waals surface area contributed by atoms with Crippen LogP contribution in [0.3, 0.4) is 0 Å². The molecule has 3 rings (SSSR count). The van der Waals surface area contributed by atoms with E-state index in [1.807, 2.05) is 6.92 Å². The van der Waals surface area contributed by atoms with Gasteiger partial charge in [-0.25, -0.2) is 8.42 Å². The van der Waals surface area contributed by atoms with Gasteiger partial charge in [-0.1, -0.05) is 18.2 Å². The van der Waals surface area contributed by atoms with Crippen molar-refractivity contribution in [3.05, 3.63) is 59.7 Å². The van der Waals surface area contributed by atoms with Crippen molar-refractivity contribution in [2.75, 3.05) is 24.6 Å². The molecule has 1 amide bonds. The standard InChI is InChI=1S/C20H24N2O4S/c1-15-13-17-14-16(20(23)21-11-6-12-26-2)9-10-19(17)22(15)27(24,25)18-7-4-3-5-8-18/h3-5,7-10,14-15H,6,11-13H2,1-2H3,(H,21,23)/t15-/m1/s1. The molecule has 0 unspecified atom stereocenters. The highest BCUT2D eigenvalue weighted by atomic mass is 32.2. The second-order valence-electron chi connectivity index (χ2n) is 6.61. The zero-order chi connectivity index (χ0) is 19.4. The lowest BCUT2D eigenvalue weighted by molar-refractivity contribution is 0.0948. The largest absolute Gasteiger partial charge is 0.385 e. The van der Waals surface area contributed by atoms with Crippen LogP contribution in [0.1, 0.15) is 29.3 Å². The quantitative estimate of drug-likeness (QED) is 0.740. The topological polar surface area (TPSA) is 75.7 Å². The summed E-state index contributed by atoms with van der Waals surface area (Å²) in [6.07, 6.45) is 1.32. The van der Waals surface area contributed by atoms with Gasteiger partial charge < -0.3 is 10.1 Å². The Morgan fingerprint density at radius 3 is 2.67 bits per heavy atom. The average Bonchev–Trinajstić information content (AvgIpc) is 3.01. The van der Waals surface area contributed by atoms with Crippen LogP contribution in [0.2, 0.25) is 0 Å². The first kappa shape index (κ1) is 19.4. The average molecular weight is 388 g/mol. The second-order valence-corrected chi connectivity index (χ2v) is 8.43. The van der Waals surface area contributed by atoms with Gasteiger partial charge in [0.25, 0.3) is 15.9 Å². The summed E-state index contributed by atoms with van der Waals surface area (Å²) in [4.78, 5) is 12.6. The molecule has 0 aromatic heterocycles. The van der Waals surface area contributed by atoms with Crippen LogP contribution < -0.4 is 9.62 Å². The molecule has 0 saturated heterocycles. The zero-order valence-corrected chi connectivity index (χ0v) is 16.3. The van der Waals surface area contributed by atoms with Crippen molar-refractivity contribution in [2.24, 2.45) is 0 Å². The van der Waals surface area contributed by atoms with Crippen molar-refractivity contribution < 1.29 is 17.9 Å². The molecule has 0 aliphatic carbocycles. The normalized spacial score (nSPS) is 16.2. The van der Waals surface area contributed by atoms with E-state index in [1.54, 1.807) is 55.6 Å². The molecule has 2 aromatic rings. The molecule has 1 aliphatic heterocycles. The summed E-state index contributed by atoms with van der Waals surface area (Å²) in [5, 5.41) is 2.85. The number of nitrogens with zero attached hydrogens (tertiary/aromatic N) is 1. The molecule has 1 heterocycles. The predicted molar refractivity (Wildman–Crippen MR) is 105 cm³/mol. The number of sulfonamides is 1. The Kier molecular flexibility index (Phi) is 5.82. The van der Waals surface area contributed by atoms with E-state index in [0.717, 1.165) is 12.0 Å². The number of amides is 1. The van der Waals surface area contributed by atoms with Crippen LogP contribution in [-0.4, -0.2) is 40.6 Å². The predicted octanol–water partition coefficient (Wildman–Crippen LogP) is 2.59. The van der Waals surface area contributed by atoms with Gasteiger partial charge >= 0.3 is 0 Å². The number of hydrogen-bond donors (Lipinski definition) is 1. The first-order chi connectivity index (χ1) is 12.9. The molecular weight excluding hydrogens is 364 g/mol. The molecule has 1 aliphatic rings. The highest BCUT2D eigenvalue weighted by molar-refractivity contribution is 7.92. The van der Waals surface area contributed by atoms with Crippen molar-refractivity contribution in [2.45, 2.75) is 30.7 Å². The van der Waals surface area contributed by atoms with E-state index in [4.69, 9.17) is 4.74 Å². The number of carbonyl (C=O) groups is 1. The molecular formula is C20H24N2O4S. The van der Waals surface area contributed by atoms with E-state index in [2.05, 4.69) is 5.32 Å². The van der Waals surface area contributed by atoms with E-state index >= 15 is 0 Å². The Balaban J connectivity index is 1.83. The van der Waals surface area contributed by atoms with Crippen LogP contribution in [-0.2, 0) is 21.2 Å². The summed E-state index contributed by atoms with van der Waals surface area (Å²) in [7, 11) is -2.01. The third-order valence-electron chi connectivity index (χ3n) is 4.61. The maximum absolute atomic E-state index is 13.1. The van der Waals surface area contributed by atoms with Gasteiger partial charge in [-0.05, 0) is 55.7 Å². The Bertz CT molecular complexity index is 913. The van der Waals surface area contributed by atoms with Gasteiger partial charge in [0.05, 0.1) is 10.6 Å². The molecule has 0 radical (unpaired) electrons. The van der Waals surface area contributed by atoms with E-state index in [0.29, 0.717) is 30.8 Å². The van der Waals surface area contributed by atoms with Crippen molar-refractivity contribution in [3.8, 4) is 0 Å². The van der Waals surface area contributed by atoms with Crippen molar-refractivity contribution in [1.29, 1.82) is 0 Å². The highest BCUT2D eigenvalue weighted by Crippen LogP contribution is 2.37. The van der Waals surface area contributed by atoms with Crippen LogP contribution in [0.5, 0.6) is 0 Å². The number of rotatable bonds is 7. The first-order valence-corrected chi connectivity index (χ1v) is 10.4. The highest BCUT2D eigenvalue weighted by Gasteiger charge is 2.36. The number of carbonyl (C=O) groups excluding carboxylic acids is 1. The molecule has 27 heavy (non-hydrogen) atoms. The van der Waals surface area contributed by atoms with Crippen LogP contribution in [0.15, 0.2) is 53.4 Å². The maximum Gasteiger partial charge on any atom is 0.264 e. The van der Waals surface area contributed by atoms with Gasteiger partial charge in [-0.3, -0.25) is 9.10 Å². The van der Waals surface area contributed by atoms with Crippen LogP contribution in [0.25, 0.3) is 0 Å². The van der Waals surface area contributed by atoms with Gasteiger partial charge in [-0.15, -0.1) is 0 Å². The molecule has 0 saturated carbocycles. The molecule has 1 N–H and O–H groups in total. The van der Waals surface area contributed by atoms with Crippen molar-refractivity contribution in [3.63, 3.8) is 0 Å². The lowest BCUT2D eigenvalue weighted by Gasteiger charge is -2.24. The van der Waals surface area contributed by atoms with Crippen LogP contribution >= 0.6 is 0 Å². The number of methoxy groups -OCH3 is 1.